The van der Waals surface area contributed by atoms with Crippen molar-refractivity contribution >= 4 is 5.91 Å². The van der Waals surface area contributed by atoms with Gasteiger partial charge in [-0.1, -0.05) is 13.8 Å². The van der Waals surface area contributed by atoms with Gasteiger partial charge in [-0.2, -0.15) is 0 Å². The highest BCUT2D eigenvalue weighted by atomic mass is 19.1. The first-order valence-electron chi connectivity index (χ1n) is 10.3. The molecular weight excluding hydrogens is 345 g/mol. The molecule has 1 amide bonds. The van der Waals surface area contributed by atoms with Gasteiger partial charge in [0.2, 0.25) is 5.91 Å². The number of nitrogens with zero attached hydrogens (tertiary/aromatic N) is 1. The van der Waals surface area contributed by atoms with Gasteiger partial charge in [0.1, 0.15) is 11.6 Å². The van der Waals surface area contributed by atoms with E-state index < -0.39 is 0 Å². The Labute approximate surface area is 162 Å². The smallest absolute Gasteiger partial charge is 0.222 e. The molecule has 150 valence electrons. The molecule has 0 N–H and O–H groups in total. The summed E-state index contributed by atoms with van der Waals surface area (Å²) in [5, 5.41) is 0. The van der Waals surface area contributed by atoms with E-state index in [9.17, 15) is 9.18 Å². The maximum absolute atomic E-state index is 12.9. The molecule has 5 heteroatoms. The molecule has 27 heavy (non-hydrogen) atoms. The van der Waals surface area contributed by atoms with E-state index in [1.807, 2.05) is 4.90 Å². The summed E-state index contributed by atoms with van der Waals surface area (Å²) in [6.07, 6.45) is 5.60. The Hall–Kier alpha value is -1.62. The summed E-state index contributed by atoms with van der Waals surface area (Å²) >= 11 is 0. The van der Waals surface area contributed by atoms with Crippen molar-refractivity contribution in [3.05, 3.63) is 30.1 Å². The maximum Gasteiger partial charge on any atom is 0.222 e. The zero-order valence-electron chi connectivity index (χ0n) is 16.6. The van der Waals surface area contributed by atoms with Crippen LogP contribution in [0.4, 0.5) is 4.39 Å². The minimum Gasteiger partial charge on any atom is -0.494 e. The van der Waals surface area contributed by atoms with Crippen molar-refractivity contribution < 1.29 is 18.7 Å². The number of carbonyl (C=O) groups is 1. The Morgan fingerprint density at radius 1 is 1.30 bits per heavy atom. The third-order valence-electron chi connectivity index (χ3n) is 5.81. The highest BCUT2D eigenvalue weighted by Crippen LogP contribution is 2.39. The summed E-state index contributed by atoms with van der Waals surface area (Å²) in [4.78, 5) is 14.3. The zero-order valence-corrected chi connectivity index (χ0v) is 16.6. The van der Waals surface area contributed by atoms with E-state index >= 15 is 0 Å². The lowest BCUT2D eigenvalue weighted by Gasteiger charge is -2.46. The monoisotopic (exact) mass is 377 g/mol. The number of carbonyl (C=O) groups excluding carboxylic acids is 1. The predicted molar refractivity (Wildman–Crippen MR) is 103 cm³/mol. The largest absolute Gasteiger partial charge is 0.494 e. The van der Waals surface area contributed by atoms with E-state index in [-0.39, 0.29) is 17.3 Å². The van der Waals surface area contributed by atoms with E-state index in [4.69, 9.17) is 9.47 Å². The van der Waals surface area contributed by atoms with Crippen LogP contribution in [0.5, 0.6) is 5.75 Å². The summed E-state index contributed by atoms with van der Waals surface area (Å²) in [6.45, 7) is 7.24. The van der Waals surface area contributed by atoms with Gasteiger partial charge in [-0.3, -0.25) is 4.79 Å². The molecule has 0 saturated carbocycles. The van der Waals surface area contributed by atoms with E-state index in [1.165, 1.54) is 12.1 Å². The summed E-state index contributed by atoms with van der Waals surface area (Å²) in [7, 11) is 0. The molecule has 0 radical (unpaired) electrons. The van der Waals surface area contributed by atoms with Crippen molar-refractivity contribution in [2.24, 2.45) is 11.8 Å². The first kappa shape index (κ1) is 20.1. The van der Waals surface area contributed by atoms with Crippen molar-refractivity contribution in [2.45, 2.75) is 58.0 Å². The van der Waals surface area contributed by atoms with Crippen molar-refractivity contribution in [1.29, 1.82) is 0 Å². The van der Waals surface area contributed by atoms with Crippen molar-refractivity contribution in [1.82, 2.24) is 4.90 Å². The number of benzene rings is 1. The van der Waals surface area contributed by atoms with Crippen LogP contribution < -0.4 is 4.74 Å². The molecule has 1 atom stereocenters. The average molecular weight is 378 g/mol. The topological polar surface area (TPSA) is 38.8 Å². The highest BCUT2D eigenvalue weighted by Gasteiger charge is 2.40. The summed E-state index contributed by atoms with van der Waals surface area (Å²) in [6, 6.07) is 6.19. The number of amides is 1. The molecule has 1 aromatic carbocycles. The van der Waals surface area contributed by atoms with Gasteiger partial charge in [0, 0.05) is 26.1 Å². The van der Waals surface area contributed by atoms with Gasteiger partial charge in [0.05, 0.1) is 12.2 Å². The highest BCUT2D eigenvalue weighted by molar-refractivity contribution is 5.76. The Morgan fingerprint density at radius 2 is 2.00 bits per heavy atom. The van der Waals surface area contributed by atoms with Crippen molar-refractivity contribution in [3.8, 4) is 5.75 Å². The lowest BCUT2D eigenvalue weighted by atomic mass is 9.78. The Morgan fingerprint density at radius 3 is 2.67 bits per heavy atom. The standard InChI is InChI=1S/C22H32FNO3/c1-17(2)15-21(25)24-11-9-22(10-12-24)16-18(8-14-27-22)7-13-26-20-5-3-19(23)4-6-20/h3-6,17-18H,7-16H2,1-2H3. The molecule has 2 fully saturated rings. The molecular formula is C22H32FNO3. The van der Waals surface area contributed by atoms with E-state index in [0.29, 0.717) is 24.9 Å². The van der Waals surface area contributed by atoms with Gasteiger partial charge in [0.25, 0.3) is 0 Å². The molecule has 2 aliphatic rings. The molecule has 2 saturated heterocycles. The van der Waals surface area contributed by atoms with Crippen molar-refractivity contribution in [2.75, 3.05) is 26.3 Å². The first-order valence-corrected chi connectivity index (χ1v) is 10.3. The average Bonchev–Trinajstić information content (AvgIpc) is 2.63. The quantitative estimate of drug-likeness (QED) is 0.736. The third kappa shape index (κ3) is 5.68. The number of hydrogen-bond donors (Lipinski definition) is 0. The van der Waals surface area contributed by atoms with Crippen LogP contribution in [0, 0.1) is 17.7 Å². The van der Waals surface area contributed by atoms with Gasteiger partial charge in [-0.05, 0) is 68.2 Å². The second-order valence-electron chi connectivity index (χ2n) is 8.46. The van der Waals surface area contributed by atoms with Crippen LogP contribution in [-0.4, -0.2) is 42.7 Å². The SMILES string of the molecule is CC(C)CC(=O)N1CCC2(CC1)CC(CCOc1ccc(F)cc1)CCO2. The number of piperidine rings is 1. The van der Waals surface area contributed by atoms with Gasteiger partial charge in [-0.15, -0.1) is 0 Å². The third-order valence-corrected chi connectivity index (χ3v) is 5.81. The van der Waals surface area contributed by atoms with Crippen molar-refractivity contribution in [3.63, 3.8) is 0 Å². The fourth-order valence-electron chi connectivity index (χ4n) is 4.24. The molecule has 0 aromatic heterocycles. The molecule has 2 heterocycles. The van der Waals surface area contributed by atoms with Crippen LogP contribution in [0.3, 0.4) is 0 Å². The zero-order chi connectivity index (χ0) is 19.3. The van der Waals surface area contributed by atoms with Gasteiger partial charge in [0.15, 0.2) is 0 Å². The van der Waals surface area contributed by atoms with Crippen LogP contribution in [0.25, 0.3) is 0 Å². The Bertz CT molecular complexity index is 608. The second-order valence-corrected chi connectivity index (χ2v) is 8.46. The lowest BCUT2D eigenvalue weighted by molar-refractivity contribution is -0.148. The van der Waals surface area contributed by atoms with Crippen LogP contribution in [0.2, 0.25) is 0 Å². The molecule has 4 nitrogen and oxygen atoms in total. The fourth-order valence-corrected chi connectivity index (χ4v) is 4.24. The van der Waals surface area contributed by atoms with Gasteiger partial charge >= 0.3 is 0 Å². The second kappa shape index (κ2) is 9.05. The minimum absolute atomic E-state index is 0.0621. The molecule has 1 spiro atoms. The van der Waals surface area contributed by atoms with Crippen LogP contribution in [0.1, 0.15) is 52.4 Å². The predicted octanol–water partition coefficient (Wildman–Crippen LogP) is 4.43. The number of halogens is 1. The number of hydrogen-bond acceptors (Lipinski definition) is 3. The molecule has 0 aliphatic carbocycles. The number of rotatable bonds is 6. The molecule has 3 rings (SSSR count). The Balaban J connectivity index is 1.44. The summed E-state index contributed by atoms with van der Waals surface area (Å²) < 4.78 is 24.9. The lowest BCUT2D eigenvalue weighted by Crippen LogP contribution is -2.51. The van der Waals surface area contributed by atoms with Crippen LogP contribution >= 0.6 is 0 Å². The molecule has 1 aromatic rings. The molecule has 0 bridgehead atoms. The van der Waals surface area contributed by atoms with Gasteiger partial charge in [-0.25, -0.2) is 4.39 Å². The van der Waals surface area contributed by atoms with E-state index in [1.54, 1.807) is 12.1 Å². The fraction of sp³-hybridized carbons (Fsp3) is 0.682. The number of likely N-dealkylation sites (tertiary alicyclic amines) is 1. The van der Waals surface area contributed by atoms with Crippen LogP contribution in [-0.2, 0) is 9.53 Å². The van der Waals surface area contributed by atoms with Gasteiger partial charge < -0.3 is 14.4 Å². The van der Waals surface area contributed by atoms with E-state index in [0.717, 1.165) is 57.6 Å². The summed E-state index contributed by atoms with van der Waals surface area (Å²) in [5.41, 5.74) is -0.0621. The maximum atomic E-state index is 12.9. The molecule has 1 unspecified atom stereocenters. The molecule has 2 aliphatic heterocycles. The van der Waals surface area contributed by atoms with Crippen LogP contribution in [0.15, 0.2) is 24.3 Å². The number of ether oxygens (including phenoxy) is 2. The minimum atomic E-state index is -0.244. The Kier molecular flexibility index (Phi) is 6.74. The first-order chi connectivity index (χ1) is 13.0. The van der Waals surface area contributed by atoms with E-state index in [2.05, 4.69) is 13.8 Å². The summed E-state index contributed by atoms with van der Waals surface area (Å²) in [5.74, 6) is 1.74. The normalized spacial score (nSPS) is 22.2.